The number of phosphoric acid groups is 2. The predicted molar refractivity (Wildman–Crippen MR) is 377 cm³/mol. The van der Waals surface area contributed by atoms with Gasteiger partial charge in [-0.2, -0.15) is 0 Å². The van der Waals surface area contributed by atoms with Crippen molar-refractivity contribution in [1.82, 2.24) is 0 Å². The van der Waals surface area contributed by atoms with Gasteiger partial charge in [0.05, 0.1) is 26.4 Å². The fourth-order valence-electron chi connectivity index (χ4n) is 11.2. The highest BCUT2D eigenvalue weighted by Crippen LogP contribution is 2.45. The van der Waals surface area contributed by atoms with Crippen molar-refractivity contribution in [2.24, 2.45) is 23.7 Å². The number of aliphatic hydroxyl groups excluding tert-OH is 1. The Morgan fingerprint density at radius 3 is 0.667 bits per heavy atom. The molecule has 0 spiro atoms. The van der Waals surface area contributed by atoms with Crippen molar-refractivity contribution in [2.75, 3.05) is 39.6 Å². The van der Waals surface area contributed by atoms with Crippen LogP contribution in [0.2, 0.25) is 0 Å². The van der Waals surface area contributed by atoms with Crippen LogP contribution in [0.25, 0.3) is 0 Å². The third-order valence-corrected chi connectivity index (χ3v) is 19.0. The van der Waals surface area contributed by atoms with Crippen LogP contribution in [0.1, 0.15) is 370 Å². The maximum Gasteiger partial charge on any atom is 0.472 e. The van der Waals surface area contributed by atoms with Gasteiger partial charge in [-0.25, -0.2) is 9.13 Å². The molecule has 3 unspecified atom stereocenters. The van der Waals surface area contributed by atoms with Gasteiger partial charge in [0.15, 0.2) is 12.2 Å². The van der Waals surface area contributed by atoms with E-state index in [1.807, 2.05) is 0 Å². The molecule has 19 heteroatoms. The number of unbranched alkanes of at least 4 members (excludes halogenated alkanes) is 37. The number of ether oxygens (including phenoxy) is 4. The average Bonchev–Trinajstić information content (AvgIpc) is 2.35. The van der Waals surface area contributed by atoms with Crippen LogP contribution in [0.15, 0.2) is 0 Å². The lowest BCUT2D eigenvalue weighted by Crippen LogP contribution is -2.30. The summed E-state index contributed by atoms with van der Waals surface area (Å²) in [5.74, 6) is 0.851. The Balaban J connectivity index is 5.21. The van der Waals surface area contributed by atoms with Crippen LogP contribution in [0.5, 0.6) is 0 Å². The minimum atomic E-state index is -4.96. The molecule has 0 saturated heterocycles. The first-order valence-electron chi connectivity index (χ1n) is 38.2. The average molecular weight is 1370 g/mol. The van der Waals surface area contributed by atoms with Gasteiger partial charge >= 0.3 is 39.5 Å². The molecule has 0 saturated carbocycles. The second-order valence-electron chi connectivity index (χ2n) is 28.6. The minimum absolute atomic E-state index is 0.101. The van der Waals surface area contributed by atoms with Gasteiger partial charge in [-0.3, -0.25) is 37.3 Å². The van der Waals surface area contributed by atoms with E-state index in [1.165, 1.54) is 173 Å². The van der Waals surface area contributed by atoms with Crippen LogP contribution in [-0.2, 0) is 65.4 Å². The highest BCUT2D eigenvalue weighted by atomic mass is 31.2. The van der Waals surface area contributed by atoms with E-state index in [2.05, 4.69) is 55.4 Å². The molecule has 17 nitrogen and oxygen atoms in total. The zero-order chi connectivity index (χ0) is 68.9. The van der Waals surface area contributed by atoms with Crippen LogP contribution < -0.4 is 0 Å². The summed E-state index contributed by atoms with van der Waals surface area (Å²) in [6.07, 6.45) is 47.5. The lowest BCUT2D eigenvalue weighted by atomic mass is 10.0. The van der Waals surface area contributed by atoms with Gasteiger partial charge in [-0.1, -0.05) is 319 Å². The summed E-state index contributed by atoms with van der Waals surface area (Å²) in [6, 6.07) is 0. The SMILES string of the molecule is CC(C)CCCCCCCCCCCCCCCCCC(=O)OC[C@H](COP(=O)(O)OCC(O)COP(=O)(O)OC[C@@H](COC(=O)CCCCCCCCCCC(C)C)OC(=O)CCCCCCCCC(C)C)OC(=O)CCCCCCCCCCCCCCC(C)C. The van der Waals surface area contributed by atoms with Crippen LogP contribution in [-0.4, -0.2) is 96.7 Å². The van der Waals surface area contributed by atoms with Gasteiger partial charge in [0.2, 0.25) is 0 Å². The molecule has 0 aromatic carbocycles. The molecule has 0 bridgehead atoms. The van der Waals surface area contributed by atoms with E-state index in [9.17, 15) is 43.2 Å². The summed E-state index contributed by atoms with van der Waals surface area (Å²) in [7, 11) is -9.91. The quantitative estimate of drug-likeness (QED) is 0.0222. The molecule has 0 radical (unpaired) electrons. The molecule has 5 atom stereocenters. The van der Waals surface area contributed by atoms with E-state index in [0.717, 1.165) is 108 Å². The van der Waals surface area contributed by atoms with Crippen LogP contribution in [0.3, 0.4) is 0 Å². The highest BCUT2D eigenvalue weighted by molar-refractivity contribution is 7.47. The fraction of sp³-hybridized carbons (Fsp3) is 0.946. The molecule has 552 valence electrons. The highest BCUT2D eigenvalue weighted by Gasteiger charge is 2.30. The van der Waals surface area contributed by atoms with E-state index in [0.29, 0.717) is 31.6 Å². The Morgan fingerprint density at radius 2 is 0.452 bits per heavy atom. The Labute approximate surface area is 568 Å². The molecule has 0 aliphatic rings. The second kappa shape index (κ2) is 63.5. The molecular formula is C74H144O17P2. The van der Waals surface area contributed by atoms with Crippen molar-refractivity contribution >= 4 is 39.5 Å². The van der Waals surface area contributed by atoms with Crippen LogP contribution >= 0.6 is 15.6 Å². The van der Waals surface area contributed by atoms with Crippen molar-refractivity contribution in [1.29, 1.82) is 0 Å². The maximum atomic E-state index is 13.1. The topological polar surface area (TPSA) is 237 Å². The zero-order valence-electron chi connectivity index (χ0n) is 60.9. The van der Waals surface area contributed by atoms with Crippen molar-refractivity contribution in [2.45, 2.75) is 388 Å². The van der Waals surface area contributed by atoms with Gasteiger partial charge in [0.25, 0.3) is 0 Å². The molecule has 0 heterocycles. The van der Waals surface area contributed by atoms with Crippen LogP contribution in [0.4, 0.5) is 0 Å². The number of esters is 4. The summed E-state index contributed by atoms with van der Waals surface area (Å²) >= 11 is 0. The number of rotatable bonds is 71. The standard InChI is InChI=1S/C74H144O17P2/c1-64(2)50-42-34-26-20-16-12-10-9-11-13-18-22-29-38-46-54-71(76)84-60-69(90-73(78)56-48-40-31-23-19-15-14-17-21-27-35-43-51-65(3)4)62-88-92(80,81)86-58-68(75)59-87-93(82,83)89-63-70(91-74(79)57-49-41-33-32-37-45-53-67(7)8)61-85-72(77)55-47-39-30-25-24-28-36-44-52-66(5)6/h64-70,75H,9-63H2,1-8H3,(H,80,81)(H,82,83)/t68?,69-,70-/m1/s1. The number of carbonyl (C=O) groups is 4. The largest absolute Gasteiger partial charge is 0.472 e. The smallest absolute Gasteiger partial charge is 0.462 e. The third kappa shape index (κ3) is 68.4. The summed E-state index contributed by atoms with van der Waals surface area (Å²) < 4.78 is 68.4. The number of hydrogen-bond donors (Lipinski definition) is 3. The van der Waals surface area contributed by atoms with E-state index < -0.39 is 97.5 Å². The lowest BCUT2D eigenvalue weighted by molar-refractivity contribution is -0.161. The van der Waals surface area contributed by atoms with E-state index in [-0.39, 0.29) is 25.7 Å². The summed E-state index contributed by atoms with van der Waals surface area (Å²) in [5, 5.41) is 10.6. The van der Waals surface area contributed by atoms with E-state index in [4.69, 9.17) is 37.0 Å². The van der Waals surface area contributed by atoms with Gasteiger partial charge in [-0.15, -0.1) is 0 Å². The first-order valence-corrected chi connectivity index (χ1v) is 41.2. The summed E-state index contributed by atoms with van der Waals surface area (Å²) in [6.45, 7) is 14.1. The van der Waals surface area contributed by atoms with Gasteiger partial charge < -0.3 is 33.8 Å². The fourth-order valence-corrected chi connectivity index (χ4v) is 12.8. The molecule has 0 amide bonds. The van der Waals surface area contributed by atoms with Crippen molar-refractivity contribution < 1.29 is 80.2 Å². The van der Waals surface area contributed by atoms with Crippen molar-refractivity contribution in [3.8, 4) is 0 Å². The second-order valence-corrected chi connectivity index (χ2v) is 31.5. The summed E-state index contributed by atoms with van der Waals surface area (Å²) in [4.78, 5) is 72.7. The van der Waals surface area contributed by atoms with Crippen molar-refractivity contribution in [3.05, 3.63) is 0 Å². The monoisotopic (exact) mass is 1370 g/mol. The maximum absolute atomic E-state index is 13.1. The van der Waals surface area contributed by atoms with Gasteiger partial charge in [-0.05, 0) is 49.4 Å². The normalized spacial score (nSPS) is 14.2. The van der Waals surface area contributed by atoms with Crippen molar-refractivity contribution in [3.63, 3.8) is 0 Å². The molecule has 93 heavy (non-hydrogen) atoms. The van der Waals surface area contributed by atoms with Gasteiger partial charge in [0, 0.05) is 25.7 Å². The van der Waals surface area contributed by atoms with Gasteiger partial charge in [0.1, 0.15) is 19.3 Å². The number of aliphatic hydroxyl groups is 1. The number of carbonyl (C=O) groups excluding carboxylic acids is 4. The molecule has 0 rings (SSSR count). The number of hydrogen-bond acceptors (Lipinski definition) is 15. The molecular weight excluding hydrogens is 1220 g/mol. The molecule has 0 aliphatic carbocycles. The van der Waals surface area contributed by atoms with Crippen LogP contribution in [0, 0.1) is 23.7 Å². The van der Waals surface area contributed by atoms with E-state index in [1.54, 1.807) is 0 Å². The Morgan fingerprint density at radius 1 is 0.269 bits per heavy atom. The molecule has 3 N–H and O–H groups in total. The molecule has 0 aromatic heterocycles. The summed E-state index contributed by atoms with van der Waals surface area (Å²) in [5.41, 5.74) is 0. The third-order valence-electron chi connectivity index (χ3n) is 17.1. The van der Waals surface area contributed by atoms with E-state index >= 15 is 0 Å². The Hall–Kier alpha value is -1.94. The molecule has 0 aromatic rings. The first-order chi connectivity index (χ1) is 44.6. The number of phosphoric ester groups is 2. The molecule has 0 fully saturated rings. The zero-order valence-corrected chi connectivity index (χ0v) is 62.7. The molecule has 0 aliphatic heterocycles. The predicted octanol–water partition coefficient (Wildman–Crippen LogP) is 21.3. The minimum Gasteiger partial charge on any atom is -0.462 e. The Kier molecular flexibility index (Phi) is 62.2. The first kappa shape index (κ1) is 91.1. The lowest BCUT2D eigenvalue weighted by Gasteiger charge is -2.21. The Bertz CT molecular complexity index is 1830.